The van der Waals surface area contributed by atoms with E-state index in [-0.39, 0.29) is 12.0 Å². The highest BCUT2D eigenvalue weighted by molar-refractivity contribution is 5.92. The molecule has 36 heavy (non-hydrogen) atoms. The smallest absolute Gasteiger partial charge is 0.275 e. The van der Waals surface area contributed by atoms with Gasteiger partial charge in [0.1, 0.15) is 12.0 Å². The summed E-state index contributed by atoms with van der Waals surface area (Å²) >= 11 is 0. The molecule has 198 valence electrons. The summed E-state index contributed by atoms with van der Waals surface area (Å²) in [6.07, 6.45) is 1.12. The average Bonchev–Trinajstić information content (AvgIpc) is 3.36. The second-order valence-corrected chi connectivity index (χ2v) is 9.69. The van der Waals surface area contributed by atoms with Gasteiger partial charge in [-0.3, -0.25) is 14.6 Å². The lowest BCUT2D eigenvalue weighted by molar-refractivity contribution is -0.0151. The maximum Gasteiger partial charge on any atom is 0.275 e. The number of nitrogens with zero attached hydrogens (tertiary/aromatic N) is 5. The number of β-amino-alcohol motifs (C(OH)–C–C–N with tert-alkyl or cyclic N) is 1. The third kappa shape index (κ3) is 6.97. The molecule has 2 aromatic rings. The summed E-state index contributed by atoms with van der Waals surface area (Å²) in [6, 6.07) is 7.96. The van der Waals surface area contributed by atoms with E-state index in [2.05, 4.69) is 19.7 Å². The number of ether oxygens (including phenoxy) is 2. The molecule has 2 aliphatic rings. The molecule has 3 heterocycles. The van der Waals surface area contributed by atoms with Gasteiger partial charge in [0.05, 0.1) is 38.2 Å². The van der Waals surface area contributed by atoms with Crippen molar-refractivity contribution in [1.82, 2.24) is 19.7 Å². The number of hydrogen-bond acceptors (Lipinski definition) is 9. The Bertz CT molecular complexity index is 967. The average molecular weight is 502 g/mol. The summed E-state index contributed by atoms with van der Waals surface area (Å²) < 4.78 is 16.6. The van der Waals surface area contributed by atoms with Crippen molar-refractivity contribution in [2.45, 2.75) is 32.6 Å². The molecule has 0 saturated carbocycles. The molecule has 1 aromatic carbocycles. The lowest BCUT2D eigenvalue weighted by Crippen LogP contribution is -2.49. The zero-order chi connectivity index (χ0) is 25.5. The van der Waals surface area contributed by atoms with Crippen LogP contribution in [0.15, 0.2) is 34.9 Å². The van der Waals surface area contributed by atoms with Crippen molar-refractivity contribution in [3.8, 4) is 5.75 Å². The van der Waals surface area contributed by atoms with E-state index in [4.69, 9.17) is 13.9 Å². The topological polar surface area (TPSA) is 94.8 Å². The molecule has 1 atom stereocenters. The fourth-order valence-electron chi connectivity index (χ4n) is 4.66. The standard InChI is InChI=1S/C26H39N5O5/c1-20(2)35-18-21(32)16-28-8-10-29(11-9-28)17-25-27-22(19-36-25)26(33)31-14-12-30(13-15-31)23-6-4-5-7-24(23)34-3/h4-7,19-21,32H,8-18H2,1-3H3/t21-/m1/s1. The molecule has 0 bridgehead atoms. The van der Waals surface area contributed by atoms with E-state index in [0.717, 1.165) is 50.7 Å². The van der Waals surface area contributed by atoms with E-state index < -0.39 is 6.10 Å². The number of hydrogen-bond donors (Lipinski definition) is 1. The van der Waals surface area contributed by atoms with Crippen LogP contribution in [0.4, 0.5) is 5.69 Å². The maximum atomic E-state index is 13.0. The summed E-state index contributed by atoms with van der Waals surface area (Å²) in [5.74, 6) is 1.31. The molecule has 1 aromatic heterocycles. The van der Waals surface area contributed by atoms with Gasteiger partial charge >= 0.3 is 0 Å². The Labute approximate surface area is 213 Å². The zero-order valence-corrected chi connectivity index (χ0v) is 21.6. The van der Waals surface area contributed by atoms with Gasteiger partial charge in [0.25, 0.3) is 5.91 Å². The Morgan fingerprint density at radius 3 is 2.44 bits per heavy atom. The first-order valence-corrected chi connectivity index (χ1v) is 12.8. The van der Waals surface area contributed by atoms with Crippen LogP contribution in [0.2, 0.25) is 0 Å². The Balaban J connectivity index is 1.21. The number of aliphatic hydroxyl groups excluding tert-OH is 1. The molecule has 0 unspecified atom stereocenters. The van der Waals surface area contributed by atoms with Gasteiger partial charge < -0.3 is 28.8 Å². The van der Waals surface area contributed by atoms with E-state index in [1.807, 2.05) is 43.0 Å². The molecule has 0 spiro atoms. The van der Waals surface area contributed by atoms with Crippen molar-refractivity contribution in [2.75, 3.05) is 77.5 Å². The van der Waals surface area contributed by atoms with Crippen LogP contribution >= 0.6 is 0 Å². The summed E-state index contributed by atoms with van der Waals surface area (Å²) in [4.78, 5) is 26.1. The van der Waals surface area contributed by atoms with Crippen LogP contribution in [0, 0.1) is 0 Å². The van der Waals surface area contributed by atoms with Gasteiger partial charge in [0, 0.05) is 58.9 Å². The summed E-state index contributed by atoms with van der Waals surface area (Å²) in [7, 11) is 1.68. The maximum absolute atomic E-state index is 13.0. The Morgan fingerprint density at radius 2 is 1.75 bits per heavy atom. The number of amides is 1. The summed E-state index contributed by atoms with van der Waals surface area (Å²) in [5, 5.41) is 10.2. The number of rotatable bonds is 10. The van der Waals surface area contributed by atoms with Gasteiger partial charge in [-0.2, -0.15) is 0 Å². The van der Waals surface area contributed by atoms with Gasteiger partial charge in [0.2, 0.25) is 5.89 Å². The van der Waals surface area contributed by atoms with Gasteiger partial charge in [-0.05, 0) is 26.0 Å². The van der Waals surface area contributed by atoms with E-state index in [0.29, 0.717) is 44.4 Å². The van der Waals surface area contributed by atoms with Crippen molar-refractivity contribution >= 4 is 11.6 Å². The van der Waals surface area contributed by atoms with Gasteiger partial charge in [-0.15, -0.1) is 0 Å². The van der Waals surface area contributed by atoms with Crippen LogP contribution < -0.4 is 9.64 Å². The molecule has 4 rings (SSSR count). The molecular formula is C26H39N5O5. The molecule has 10 nitrogen and oxygen atoms in total. The zero-order valence-electron chi connectivity index (χ0n) is 21.6. The number of anilines is 1. The quantitative estimate of drug-likeness (QED) is 0.520. The van der Waals surface area contributed by atoms with Crippen LogP contribution in [0.5, 0.6) is 5.75 Å². The highest BCUT2D eigenvalue weighted by Gasteiger charge is 2.26. The highest BCUT2D eigenvalue weighted by Crippen LogP contribution is 2.28. The molecule has 2 fully saturated rings. The Morgan fingerprint density at radius 1 is 1.06 bits per heavy atom. The normalized spacial score (nSPS) is 18.6. The third-order valence-corrected chi connectivity index (χ3v) is 6.68. The molecule has 2 saturated heterocycles. The fraction of sp³-hybridized carbons (Fsp3) is 0.615. The molecule has 0 radical (unpaired) electrons. The van der Waals surface area contributed by atoms with Crippen molar-refractivity contribution in [2.24, 2.45) is 0 Å². The van der Waals surface area contributed by atoms with Crippen molar-refractivity contribution in [3.63, 3.8) is 0 Å². The summed E-state index contributed by atoms with van der Waals surface area (Å²) in [5.41, 5.74) is 1.41. The van der Waals surface area contributed by atoms with Crippen molar-refractivity contribution in [1.29, 1.82) is 0 Å². The number of para-hydroxylation sites is 2. The number of methoxy groups -OCH3 is 1. The number of benzene rings is 1. The molecule has 2 aliphatic heterocycles. The minimum Gasteiger partial charge on any atom is -0.495 e. The number of oxazole rings is 1. The second kappa shape index (κ2) is 12.5. The number of carbonyl (C=O) groups excluding carboxylic acids is 1. The predicted octanol–water partition coefficient (Wildman–Crippen LogP) is 1.55. The van der Waals surface area contributed by atoms with Gasteiger partial charge in [-0.1, -0.05) is 12.1 Å². The van der Waals surface area contributed by atoms with Crippen LogP contribution in [0.1, 0.15) is 30.2 Å². The van der Waals surface area contributed by atoms with Crippen molar-refractivity contribution < 1.29 is 23.8 Å². The van der Waals surface area contributed by atoms with Crippen LogP contribution in [0.3, 0.4) is 0 Å². The number of aliphatic hydroxyl groups is 1. The van der Waals surface area contributed by atoms with E-state index in [1.54, 1.807) is 7.11 Å². The third-order valence-electron chi connectivity index (χ3n) is 6.68. The largest absolute Gasteiger partial charge is 0.495 e. The number of piperazine rings is 2. The Kier molecular flexibility index (Phi) is 9.19. The minimum absolute atomic E-state index is 0.0906. The second-order valence-electron chi connectivity index (χ2n) is 9.69. The first kappa shape index (κ1) is 26.4. The van der Waals surface area contributed by atoms with Crippen molar-refractivity contribution in [3.05, 3.63) is 42.1 Å². The summed E-state index contributed by atoms with van der Waals surface area (Å²) in [6.45, 7) is 11.6. The Hall–Kier alpha value is -2.66. The highest BCUT2D eigenvalue weighted by atomic mass is 16.5. The monoisotopic (exact) mass is 501 g/mol. The first-order chi connectivity index (χ1) is 17.4. The number of aromatic nitrogens is 1. The van der Waals surface area contributed by atoms with Crippen LogP contribution in [0.25, 0.3) is 0 Å². The van der Waals surface area contributed by atoms with E-state index in [9.17, 15) is 9.90 Å². The first-order valence-electron chi connectivity index (χ1n) is 12.8. The molecular weight excluding hydrogens is 462 g/mol. The van der Waals surface area contributed by atoms with Gasteiger partial charge in [0.15, 0.2) is 5.69 Å². The van der Waals surface area contributed by atoms with Crippen LogP contribution in [-0.4, -0.2) is 116 Å². The van der Waals surface area contributed by atoms with E-state index in [1.165, 1.54) is 6.26 Å². The lowest BCUT2D eigenvalue weighted by atomic mass is 10.2. The minimum atomic E-state index is -0.476. The molecule has 1 amide bonds. The molecule has 0 aliphatic carbocycles. The molecule has 10 heteroatoms. The number of carbonyl (C=O) groups is 1. The fourth-order valence-corrected chi connectivity index (χ4v) is 4.66. The predicted molar refractivity (Wildman–Crippen MR) is 136 cm³/mol. The van der Waals surface area contributed by atoms with Gasteiger partial charge in [-0.25, -0.2) is 4.98 Å². The van der Waals surface area contributed by atoms with E-state index >= 15 is 0 Å². The SMILES string of the molecule is COc1ccccc1N1CCN(C(=O)c2coc(CN3CCN(C[C@@H](O)COC(C)C)CC3)n2)CC1. The lowest BCUT2D eigenvalue weighted by Gasteiger charge is -2.36. The molecule has 1 N–H and O–H groups in total. The van der Waals surface area contributed by atoms with Crippen LogP contribution in [-0.2, 0) is 11.3 Å².